The average molecular weight is 440 g/mol. The number of carbonyl (C=O) groups excluding carboxylic acids is 2. The molecule has 31 heavy (non-hydrogen) atoms. The number of nitrogens with zero attached hydrogens (tertiary/aromatic N) is 4. The van der Waals surface area contributed by atoms with Crippen molar-refractivity contribution in [2.75, 3.05) is 25.0 Å². The van der Waals surface area contributed by atoms with Crippen molar-refractivity contribution in [1.82, 2.24) is 20.0 Å². The molecule has 2 aromatic rings. The van der Waals surface area contributed by atoms with E-state index >= 15 is 0 Å². The van der Waals surface area contributed by atoms with Gasteiger partial charge in [-0.05, 0) is 37.1 Å². The van der Waals surface area contributed by atoms with Gasteiger partial charge in [0.2, 0.25) is 0 Å². The van der Waals surface area contributed by atoms with Crippen LogP contribution in [-0.4, -0.2) is 65.3 Å². The number of amides is 3. The van der Waals surface area contributed by atoms with Crippen molar-refractivity contribution < 1.29 is 9.59 Å². The first-order chi connectivity index (χ1) is 14.9. The second-order valence-electron chi connectivity index (χ2n) is 8.50. The van der Waals surface area contributed by atoms with Gasteiger partial charge >= 0.3 is 6.03 Å². The molecule has 0 radical (unpaired) electrons. The molecule has 3 aliphatic heterocycles. The highest BCUT2D eigenvalue weighted by molar-refractivity contribution is 6.30. The van der Waals surface area contributed by atoms with E-state index in [0.29, 0.717) is 5.02 Å². The minimum atomic E-state index is -0.417. The van der Waals surface area contributed by atoms with Gasteiger partial charge in [-0.25, -0.2) is 4.79 Å². The fraction of sp³-hybridized carbons (Fsp3) is 0.391. The van der Waals surface area contributed by atoms with E-state index in [1.807, 2.05) is 55.5 Å². The zero-order valence-corrected chi connectivity index (χ0v) is 18.4. The molecule has 3 saturated heterocycles. The molecule has 0 bridgehead atoms. The van der Waals surface area contributed by atoms with Crippen molar-refractivity contribution in [3.05, 3.63) is 64.7 Å². The lowest BCUT2D eigenvalue weighted by molar-refractivity contribution is -0.139. The normalized spacial score (nSPS) is 26.3. The molecule has 162 valence electrons. The van der Waals surface area contributed by atoms with E-state index in [1.165, 1.54) is 4.90 Å². The first-order valence-corrected chi connectivity index (χ1v) is 11.0. The summed E-state index contributed by atoms with van der Waals surface area (Å²) in [6.45, 7) is 3.94. The number of benzene rings is 2. The smallest absolute Gasteiger partial charge is 0.328 e. The van der Waals surface area contributed by atoms with Crippen molar-refractivity contribution in [3.8, 4) is 0 Å². The first-order valence-electron chi connectivity index (χ1n) is 10.6. The monoisotopic (exact) mass is 439 g/mol. The topological polar surface area (TPSA) is 59.1 Å². The van der Waals surface area contributed by atoms with E-state index in [9.17, 15) is 9.59 Å². The second kappa shape index (κ2) is 7.82. The molecule has 0 aliphatic carbocycles. The maximum Gasteiger partial charge on any atom is 0.328 e. The van der Waals surface area contributed by atoms with Gasteiger partial charge in [0.1, 0.15) is 18.5 Å². The Hall–Kier alpha value is -2.61. The largest absolute Gasteiger partial charge is 0.343 e. The fourth-order valence-electron chi connectivity index (χ4n) is 4.98. The highest BCUT2D eigenvalue weighted by atomic mass is 35.5. The molecule has 3 amide bonds. The Bertz CT molecular complexity index is 1030. The van der Waals surface area contributed by atoms with E-state index in [2.05, 4.69) is 15.1 Å². The number of anilines is 1. The van der Waals surface area contributed by atoms with Crippen molar-refractivity contribution >= 4 is 29.2 Å². The number of rotatable bonds is 3. The quantitative estimate of drug-likeness (QED) is 0.797. The third kappa shape index (κ3) is 3.46. The van der Waals surface area contributed by atoms with Crippen LogP contribution in [0.4, 0.5) is 10.5 Å². The molecule has 0 spiro atoms. The number of aryl methyl sites for hydroxylation is 1. The van der Waals surface area contributed by atoms with E-state index in [-0.39, 0.29) is 30.9 Å². The summed E-state index contributed by atoms with van der Waals surface area (Å²) in [6.07, 6.45) is 0.399. The van der Waals surface area contributed by atoms with Gasteiger partial charge < -0.3 is 9.80 Å². The number of urea groups is 1. The summed E-state index contributed by atoms with van der Waals surface area (Å²) in [5, 5.41) is 4.21. The molecule has 3 aliphatic rings. The van der Waals surface area contributed by atoms with Gasteiger partial charge in [-0.3, -0.25) is 19.9 Å². The molecule has 3 fully saturated rings. The second-order valence-corrected chi connectivity index (χ2v) is 8.94. The minimum absolute atomic E-state index is 0.141. The predicted molar refractivity (Wildman–Crippen MR) is 120 cm³/mol. The summed E-state index contributed by atoms with van der Waals surface area (Å²) < 4.78 is 0. The number of hydrogen-bond donors (Lipinski definition) is 1. The van der Waals surface area contributed by atoms with Gasteiger partial charge in [0, 0.05) is 30.8 Å². The van der Waals surface area contributed by atoms with Crippen LogP contribution < -0.4 is 10.2 Å². The lowest BCUT2D eigenvalue weighted by Crippen LogP contribution is -2.66. The molecule has 7 nitrogen and oxygen atoms in total. The summed E-state index contributed by atoms with van der Waals surface area (Å²) in [6, 6.07) is 15.0. The van der Waals surface area contributed by atoms with Crippen LogP contribution in [0.2, 0.25) is 5.02 Å². The molecule has 1 N–H and O–H groups in total. The van der Waals surface area contributed by atoms with Crippen LogP contribution in [0.25, 0.3) is 0 Å². The zero-order chi connectivity index (χ0) is 21.7. The Labute approximate surface area is 187 Å². The Kier molecular flexibility index (Phi) is 5.12. The Morgan fingerprint density at radius 1 is 1.10 bits per heavy atom. The molecular formula is C23H26ClN5O2. The molecule has 2 aromatic carbocycles. The average Bonchev–Trinajstić information content (AvgIpc) is 3.15. The summed E-state index contributed by atoms with van der Waals surface area (Å²) in [5.74, 6) is -0.141. The Morgan fingerprint density at radius 2 is 1.90 bits per heavy atom. The van der Waals surface area contributed by atoms with Gasteiger partial charge in [0.05, 0.1) is 6.54 Å². The lowest BCUT2D eigenvalue weighted by Gasteiger charge is -2.44. The Balaban J connectivity index is 1.44. The number of halogens is 1. The van der Waals surface area contributed by atoms with Crippen LogP contribution in [0.1, 0.15) is 17.5 Å². The highest BCUT2D eigenvalue weighted by Gasteiger charge is 2.56. The van der Waals surface area contributed by atoms with E-state index in [4.69, 9.17) is 11.6 Å². The number of fused-ring (bicyclic) bond motifs is 3. The minimum Gasteiger partial charge on any atom is -0.343 e. The maximum absolute atomic E-state index is 13.6. The van der Waals surface area contributed by atoms with Crippen LogP contribution >= 0.6 is 11.6 Å². The molecule has 3 heterocycles. The number of imide groups is 1. The van der Waals surface area contributed by atoms with Crippen molar-refractivity contribution in [3.63, 3.8) is 0 Å². The Morgan fingerprint density at radius 3 is 2.68 bits per heavy atom. The lowest BCUT2D eigenvalue weighted by atomic mass is 10.1. The van der Waals surface area contributed by atoms with Crippen LogP contribution in [0.3, 0.4) is 0 Å². The molecule has 3 atom stereocenters. The third-order valence-corrected chi connectivity index (χ3v) is 6.67. The predicted octanol–water partition coefficient (Wildman–Crippen LogP) is 2.84. The number of carbonyl (C=O) groups is 2. The SMILES string of the molecule is Cc1cccc(CN2C(=O)C3C(NC4N(c5cccc(Cl)c5)CCCN34)N(C)C2=O)c1. The molecule has 0 aromatic heterocycles. The fourth-order valence-corrected chi connectivity index (χ4v) is 5.16. The standard InChI is InChI=1S/C23H26ClN5O2/c1-15-6-3-7-16(12-15)14-29-21(30)19-20(26(2)23(29)31)25-22-27(10-5-11-28(19)22)18-9-4-8-17(24)13-18/h3-4,6-9,12-13,19-20,22,25H,5,10-11,14H2,1-2H3. The number of nitrogens with one attached hydrogen (secondary N) is 1. The van der Waals surface area contributed by atoms with E-state index in [1.54, 1.807) is 11.9 Å². The highest BCUT2D eigenvalue weighted by Crippen LogP contribution is 2.34. The summed E-state index contributed by atoms with van der Waals surface area (Å²) in [7, 11) is 1.77. The zero-order valence-electron chi connectivity index (χ0n) is 17.7. The van der Waals surface area contributed by atoms with Crippen LogP contribution in [0.5, 0.6) is 0 Å². The first kappa shape index (κ1) is 20.3. The van der Waals surface area contributed by atoms with Crippen molar-refractivity contribution in [2.24, 2.45) is 0 Å². The van der Waals surface area contributed by atoms with Gasteiger partial charge in [0.15, 0.2) is 0 Å². The van der Waals surface area contributed by atoms with Crippen LogP contribution in [0.15, 0.2) is 48.5 Å². The van der Waals surface area contributed by atoms with Crippen molar-refractivity contribution in [2.45, 2.75) is 38.4 Å². The molecular weight excluding hydrogens is 414 g/mol. The van der Waals surface area contributed by atoms with Gasteiger partial charge in [-0.1, -0.05) is 47.5 Å². The van der Waals surface area contributed by atoms with Crippen molar-refractivity contribution in [1.29, 1.82) is 0 Å². The van der Waals surface area contributed by atoms with E-state index < -0.39 is 6.04 Å². The molecule has 8 heteroatoms. The molecule has 3 unspecified atom stereocenters. The molecule has 0 saturated carbocycles. The number of hydrogen-bond acceptors (Lipinski definition) is 5. The summed E-state index contributed by atoms with van der Waals surface area (Å²) >= 11 is 6.23. The third-order valence-electron chi connectivity index (χ3n) is 6.43. The van der Waals surface area contributed by atoms with Gasteiger partial charge in [-0.2, -0.15) is 0 Å². The van der Waals surface area contributed by atoms with Crippen LogP contribution in [0, 0.1) is 6.92 Å². The maximum atomic E-state index is 13.6. The van der Waals surface area contributed by atoms with Gasteiger partial charge in [-0.15, -0.1) is 0 Å². The number of likely N-dealkylation sites (N-methyl/N-ethyl adjacent to an activating group) is 1. The summed E-state index contributed by atoms with van der Waals surface area (Å²) in [4.78, 5) is 34.1. The summed E-state index contributed by atoms with van der Waals surface area (Å²) in [5.41, 5.74) is 3.07. The van der Waals surface area contributed by atoms with Crippen LogP contribution in [-0.2, 0) is 11.3 Å². The molecule has 5 rings (SSSR count). The van der Waals surface area contributed by atoms with E-state index in [0.717, 1.165) is 36.3 Å². The van der Waals surface area contributed by atoms with Gasteiger partial charge in [0.25, 0.3) is 5.91 Å².